The van der Waals surface area contributed by atoms with Gasteiger partial charge in [0.25, 0.3) is 0 Å². The lowest BCUT2D eigenvalue weighted by Gasteiger charge is -2.18. The number of ether oxygens (including phenoxy) is 1. The zero-order chi connectivity index (χ0) is 21.4. The van der Waals surface area contributed by atoms with E-state index in [9.17, 15) is 9.59 Å². The van der Waals surface area contributed by atoms with Gasteiger partial charge in [-0.25, -0.2) is 0 Å². The first-order chi connectivity index (χ1) is 13.2. The average molecular weight is 358 g/mol. The third-order valence-corrected chi connectivity index (χ3v) is 4.09. The number of rotatable bonds is 16. The summed E-state index contributed by atoms with van der Waals surface area (Å²) >= 11 is 0. The zero-order valence-electron chi connectivity index (χ0n) is 19.1. The van der Waals surface area contributed by atoms with Gasteiger partial charge in [-0.2, -0.15) is 0 Å². The van der Waals surface area contributed by atoms with Crippen LogP contribution in [-0.2, 0) is 14.3 Å². The van der Waals surface area contributed by atoms with Gasteiger partial charge in [-0.05, 0) is 13.3 Å². The standard InChI is InChI=1S/C20H38N2O3/c1-4-6-7-8-9-10-11-12-13-14-15-18(23)16-19(21)22(3)17-20(24)25-5-2/h21H,4-17H2,1-3H3/i3D3. The molecule has 0 amide bonds. The summed E-state index contributed by atoms with van der Waals surface area (Å²) in [5.74, 6) is -1.24. The lowest BCUT2D eigenvalue weighted by Crippen LogP contribution is -2.33. The molecule has 0 aliphatic carbocycles. The number of ketones is 1. The molecule has 5 nitrogen and oxygen atoms in total. The fourth-order valence-electron chi connectivity index (χ4n) is 2.61. The fraction of sp³-hybridized carbons (Fsp3) is 0.850. The third kappa shape index (κ3) is 14.6. The Morgan fingerprint density at radius 2 is 1.52 bits per heavy atom. The molecule has 0 atom stereocenters. The molecule has 0 aliphatic rings. The van der Waals surface area contributed by atoms with Gasteiger partial charge in [0.05, 0.1) is 13.0 Å². The van der Waals surface area contributed by atoms with Crippen LogP contribution in [-0.4, -0.2) is 42.6 Å². The molecule has 0 fully saturated rings. The van der Waals surface area contributed by atoms with Gasteiger partial charge in [0.15, 0.2) is 0 Å². The van der Waals surface area contributed by atoms with E-state index in [0.717, 1.165) is 19.3 Å². The number of amidine groups is 1. The molecular weight excluding hydrogens is 316 g/mol. The van der Waals surface area contributed by atoms with Crippen molar-refractivity contribution in [2.75, 3.05) is 20.1 Å². The van der Waals surface area contributed by atoms with Crippen molar-refractivity contribution in [3.63, 3.8) is 0 Å². The van der Waals surface area contributed by atoms with Crippen molar-refractivity contribution >= 4 is 17.6 Å². The van der Waals surface area contributed by atoms with Gasteiger partial charge in [-0.1, -0.05) is 64.7 Å². The minimum atomic E-state index is -2.65. The number of hydrogen-bond acceptors (Lipinski definition) is 4. The Hall–Kier alpha value is -1.39. The number of unbranched alkanes of at least 4 members (excludes halogenated alkanes) is 9. The largest absolute Gasteiger partial charge is 0.465 e. The van der Waals surface area contributed by atoms with E-state index >= 15 is 0 Å². The van der Waals surface area contributed by atoms with Crippen LogP contribution in [0.15, 0.2) is 0 Å². The molecular formula is C20H38N2O3. The smallest absolute Gasteiger partial charge is 0.325 e. The van der Waals surface area contributed by atoms with Gasteiger partial charge in [-0.3, -0.25) is 15.0 Å². The molecule has 0 aromatic carbocycles. The van der Waals surface area contributed by atoms with Crippen LogP contribution in [0.3, 0.4) is 0 Å². The van der Waals surface area contributed by atoms with Crippen molar-refractivity contribution in [1.29, 1.82) is 5.41 Å². The highest BCUT2D eigenvalue weighted by Gasteiger charge is 2.13. The molecule has 0 aromatic rings. The molecule has 25 heavy (non-hydrogen) atoms. The third-order valence-electron chi connectivity index (χ3n) is 4.09. The van der Waals surface area contributed by atoms with Crippen LogP contribution < -0.4 is 0 Å². The maximum atomic E-state index is 12.1. The molecule has 0 heterocycles. The van der Waals surface area contributed by atoms with Crippen molar-refractivity contribution in [2.45, 2.75) is 90.9 Å². The summed E-state index contributed by atoms with van der Waals surface area (Å²) in [6.07, 6.45) is 11.8. The lowest BCUT2D eigenvalue weighted by molar-refractivity contribution is -0.143. The summed E-state index contributed by atoms with van der Waals surface area (Å²) in [5, 5.41) is 7.94. The Bertz CT molecular complexity index is 468. The van der Waals surface area contributed by atoms with Crippen molar-refractivity contribution in [2.24, 2.45) is 0 Å². The van der Waals surface area contributed by atoms with E-state index < -0.39 is 19.5 Å². The highest BCUT2D eigenvalue weighted by Crippen LogP contribution is 2.12. The van der Waals surface area contributed by atoms with Gasteiger partial charge >= 0.3 is 5.97 Å². The molecule has 5 heteroatoms. The SMILES string of the molecule is [2H]C([2H])([2H])N(CC(=O)OCC)C(=N)CC(=O)CCCCCCCCCCCC. The van der Waals surface area contributed by atoms with Crippen molar-refractivity contribution in [3.8, 4) is 0 Å². The Morgan fingerprint density at radius 3 is 2.04 bits per heavy atom. The van der Waals surface area contributed by atoms with Crippen LogP contribution in [0.25, 0.3) is 0 Å². The van der Waals surface area contributed by atoms with Crippen molar-refractivity contribution < 1.29 is 18.4 Å². The normalized spacial score (nSPS) is 12.8. The van der Waals surface area contributed by atoms with Crippen molar-refractivity contribution in [1.82, 2.24) is 4.90 Å². The van der Waals surface area contributed by atoms with Crippen LogP contribution in [0, 0.1) is 5.41 Å². The molecule has 146 valence electrons. The van der Waals surface area contributed by atoms with Crippen LogP contribution >= 0.6 is 0 Å². The quantitative estimate of drug-likeness (QED) is 0.188. The van der Waals surface area contributed by atoms with E-state index in [0.29, 0.717) is 11.3 Å². The summed E-state index contributed by atoms with van der Waals surface area (Å²) < 4.78 is 27.2. The summed E-state index contributed by atoms with van der Waals surface area (Å²) in [6, 6.07) is 0. The number of esters is 1. The van der Waals surface area contributed by atoms with Crippen molar-refractivity contribution in [3.05, 3.63) is 0 Å². The van der Waals surface area contributed by atoms with Crippen LogP contribution in [0.4, 0.5) is 0 Å². The van der Waals surface area contributed by atoms with E-state index in [1.807, 2.05) is 0 Å². The number of hydrogen-bond donors (Lipinski definition) is 1. The number of carbonyl (C=O) groups excluding carboxylic acids is 2. The van der Waals surface area contributed by atoms with Gasteiger partial charge in [0, 0.05) is 17.5 Å². The predicted octanol–water partition coefficient (Wildman–Crippen LogP) is 4.73. The maximum Gasteiger partial charge on any atom is 0.325 e. The second-order valence-corrected chi connectivity index (χ2v) is 6.49. The molecule has 0 bridgehead atoms. The highest BCUT2D eigenvalue weighted by molar-refractivity contribution is 6.00. The number of nitrogens with one attached hydrogen (secondary N) is 1. The number of Topliss-reactive ketones (excluding diaryl/α,β-unsaturated/α-hetero) is 1. The second kappa shape index (κ2) is 16.1. The number of likely N-dealkylation sites (N-methyl/N-ethyl adjacent to an activating group) is 1. The summed E-state index contributed by atoms with van der Waals surface area (Å²) in [4.78, 5) is 24.3. The lowest BCUT2D eigenvalue weighted by atomic mass is 10.0. The van der Waals surface area contributed by atoms with E-state index in [-0.39, 0.29) is 24.6 Å². The molecule has 0 rings (SSSR count). The molecule has 1 N–H and O–H groups in total. The monoisotopic (exact) mass is 357 g/mol. The first-order valence-corrected chi connectivity index (χ1v) is 9.74. The Labute approximate surface area is 158 Å². The summed E-state index contributed by atoms with van der Waals surface area (Å²) in [6.45, 7) is 0.775. The Balaban J connectivity index is 4.05. The van der Waals surface area contributed by atoms with E-state index in [4.69, 9.17) is 14.3 Å². The van der Waals surface area contributed by atoms with E-state index in [1.165, 1.54) is 44.9 Å². The van der Waals surface area contributed by atoms with Gasteiger partial charge in [0.2, 0.25) is 0 Å². The Morgan fingerprint density at radius 1 is 0.960 bits per heavy atom. The molecule has 0 spiro atoms. The van der Waals surface area contributed by atoms with Gasteiger partial charge < -0.3 is 9.64 Å². The summed E-state index contributed by atoms with van der Waals surface area (Å²) in [7, 11) is 0. The minimum Gasteiger partial charge on any atom is -0.465 e. The van der Waals surface area contributed by atoms with E-state index in [2.05, 4.69) is 6.92 Å². The molecule has 0 unspecified atom stereocenters. The first-order valence-electron chi connectivity index (χ1n) is 11.2. The number of carbonyl (C=O) groups is 2. The maximum absolute atomic E-state index is 12.1. The molecule has 0 saturated heterocycles. The van der Waals surface area contributed by atoms with E-state index in [1.54, 1.807) is 6.92 Å². The molecule has 0 saturated carbocycles. The topological polar surface area (TPSA) is 70.5 Å². The average Bonchev–Trinajstić information content (AvgIpc) is 2.60. The first kappa shape index (κ1) is 18.4. The van der Waals surface area contributed by atoms with Gasteiger partial charge in [-0.15, -0.1) is 0 Å². The minimum absolute atomic E-state index is 0.138. The van der Waals surface area contributed by atoms with Crippen LogP contribution in [0.1, 0.15) is 95.0 Å². The fourth-order valence-corrected chi connectivity index (χ4v) is 2.61. The summed E-state index contributed by atoms with van der Waals surface area (Å²) in [5.41, 5.74) is 0. The predicted molar refractivity (Wildman–Crippen MR) is 103 cm³/mol. The molecule has 0 aliphatic heterocycles. The second-order valence-electron chi connectivity index (χ2n) is 6.49. The molecule has 0 aromatic heterocycles. The van der Waals surface area contributed by atoms with Crippen LogP contribution in [0.5, 0.6) is 0 Å². The Kier molecular flexibility index (Phi) is 11.9. The number of nitrogens with zero attached hydrogens (tertiary/aromatic N) is 1. The van der Waals surface area contributed by atoms with Gasteiger partial charge in [0.1, 0.15) is 18.2 Å². The zero-order valence-corrected chi connectivity index (χ0v) is 16.1. The highest BCUT2D eigenvalue weighted by atomic mass is 16.5. The van der Waals surface area contributed by atoms with Crippen LogP contribution in [0.2, 0.25) is 0 Å². The molecule has 0 radical (unpaired) electrons.